The summed E-state index contributed by atoms with van der Waals surface area (Å²) in [4.78, 5) is 12.7. The van der Waals surface area contributed by atoms with Gasteiger partial charge in [-0.2, -0.15) is 0 Å². The van der Waals surface area contributed by atoms with Gasteiger partial charge in [-0.05, 0) is 49.8 Å². The Morgan fingerprint density at radius 3 is 2.75 bits per heavy atom. The summed E-state index contributed by atoms with van der Waals surface area (Å²) in [6.07, 6.45) is 1.70. The molecule has 0 fully saturated rings. The van der Waals surface area contributed by atoms with Gasteiger partial charge in [0.05, 0.1) is 19.3 Å². The van der Waals surface area contributed by atoms with Gasteiger partial charge in [-0.15, -0.1) is 0 Å². The SMILES string of the molecule is CCOc1cc(C)c2c(c1)O/C(=C\c1cc(Br)ccc1OC)C2=O. The third-order valence-electron chi connectivity index (χ3n) is 3.73. The second kappa shape index (κ2) is 6.69. The van der Waals surface area contributed by atoms with E-state index < -0.39 is 0 Å². The number of rotatable bonds is 4. The highest BCUT2D eigenvalue weighted by Crippen LogP contribution is 2.38. The lowest BCUT2D eigenvalue weighted by molar-refractivity contribution is 0.101. The molecule has 5 heteroatoms. The van der Waals surface area contributed by atoms with Crippen LogP contribution in [0.25, 0.3) is 6.08 Å². The molecule has 0 saturated heterocycles. The number of Topliss-reactive ketones (excluding diaryl/α,β-unsaturated/α-hetero) is 1. The molecule has 0 N–H and O–H groups in total. The first kappa shape index (κ1) is 16.6. The minimum atomic E-state index is -0.132. The fourth-order valence-electron chi connectivity index (χ4n) is 2.69. The number of hydrogen-bond acceptors (Lipinski definition) is 4. The summed E-state index contributed by atoms with van der Waals surface area (Å²) in [6, 6.07) is 9.20. The number of fused-ring (bicyclic) bond motifs is 1. The molecule has 1 aliphatic rings. The Bertz CT molecular complexity index is 840. The number of allylic oxidation sites excluding steroid dienone is 1. The maximum absolute atomic E-state index is 12.7. The van der Waals surface area contributed by atoms with E-state index in [-0.39, 0.29) is 11.5 Å². The molecule has 0 bridgehead atoms. The number of benzene rings is 2. The highest BCUT2D eigenvalue weighted by molar-refractivity contribution is 9.10. The second-order valence-electron chi connectivity index (χ2n) is 5.37. The van der Waals surface area contributed by atoms with E-state index in [0.29, 0.717) is 29.4 Å². The number of carbonyl (C=O) groups excluding carboxylic acids is 1. The van der Waals surface area contributed by atoms with Gasteiger partial charge in [0.25, 0.3) is 0 Å². The Morgan fingerprint density at radius 1 is 1.25 bits per heavy atom. The summed E-state index contributed by atoms with van der Waals surface area (Å²) in [5, 5.41) is 0. The summed E-state index contributed by atoms with van der Waals surface area (Å²) in [5.74, 6) is 2.04. The van der Waals surface area contributed by atoms with Crippen molar-refractivity contribution in [3.8, 4) is 17.2 Å². The van der Waals surface area contributed by atoms with Gasteiger partial charge >= 0.3 is 0 Å². The third kappa shape index (κ3) is 3.04. The Hall–Kier alpha value is -2.27. The van der Waals surface area contributed by atoms with Crippen LogP contribution in [-0.2, 0) is 0 Å². The first-order chi connectivity index (χ1) is 11.5. The minimum Gasteiger partial charge on any atom is -0.496 e. The standard InChI is InChI=1S/C19H17BrO4/c1-4-23-14-7-11(2)18-16(10-14)24-17(19(18)21)9-12-8-13(20)5-6-15(12)22-3/h5-10H,4H2,1-3H3/b17-9-. The van der Waals surface area contributed by atoms with Gasteiger partial charge < -0.3 is 14.2 Å². The van der Waals surface area contributed by atoms with Crippen LogP contribution >= 0.6 is 15.9 Å². The van der Waals surface area contributed by atoms with E-state index in [4.69, 9.17) is 14.2 Å². The minimum absolute atomic E-state index is 0.132. The summed E-state index contributed by atoms with van der Waals surface area (Å²) in [5.41, 5.74) is 2.19. The predicted octanol–water partition coefficient (Wildman–Crippen LogP) is 4.78. The summed E-state index contributed by atoms with van der Waals surface area (Å²) < 4.78 is 17.5. The summed E-state index contributed by atoms with van der Waals surface area (Å²) in [7, 11) is 1.59. The van der Waals surface area contributed by atoms with Crippen LogP contribution in [0.5, 0.6) is 17.2 Å². The number of methoxy groups -OCH3 is 1. The molecule has 3 rings (SSSR count). The van der Waals surface area contributed by atoms with Gasteiger partial charge in [-0.25, -0.2) is 0 Å². The first-order valence-corrected chi connectivity index (χ1v) is 8.38. The molecular weight excluding hydrogens is 372 g/mol. The third-order valence-corrected chi connectivity index (χ3v) is 4.23. The van der Waals surface area contributed by atoms with Crippen LogP contribution in [0.1, 0.15) is 28.4 Å². The van der Waals surface area contributed by atoms with E-state index in [1.165, 1.54) is 0 Å². The number of aryl methyl sites for hydroxylation is 1. The molecule has 0 spiro atoms. The molecule has 124 valence electrons. The van der Waals surface area contributed by atoms with Crippen molar-refractivity contribution in [1.82, 2.24) is 0 Å². The van der Waals surface area contributed by atoms with Crippen LogP contribution in [0.15, 0.2) is 40.6 Å². The van der Waals surface area contributed by atoms with Crippen LogP contribution in [0, 0.1) is 6.92 Å². The smallest absolute Gasteiger partial charge is 0.232 e. The topological polar surface area (TPSA) is 44.8 Å². The highest BCUT2D eigenvalue weighted by Gasteiger charge is 2.30. The van der Waals surface area contributed by atoms with Gasteiger partial charge in [-0.1, -0.05) is 15.9 Å². The number of ketones is 1. The molecule has 0 amide bonds. The normalized spacial score (nSPS) is 14.5. The van der Waals surface area contributed by atoms with Crippen LogP contribution in [0.2, 0.25) is 0 Å². The van der Waals surface area contributed by atoms with E-state index >= 15 is 0 Å². The van der Waals surface area contributed by atoms with Gasteiger partial charge in [0.2, 0.25) is 5.78 Å². The Labute approximate surface area is 149 Å². The maximum Gasteiger partial charge on any atom is 0.232 e. The molecular formula is C19H17BrO4. The lowest BCUT2D eigenvalue weighted by Crippen LogP contribution is -2.00. The van der Waals surface area contributed by atoms with Gasteiger partial charge in [0.1, 0.15) is 17.2 Å². The average molecular weight is 389 g/mol. The van der Waals surface area contributed by atoms with Crippen molar-refractivity contribution in [2.75, 3.05) is 13.7 Å². The summed E-state index contributed by atoms with van der Waals surface area (Å²) >= 11 is 3.43. The Kier molecular flexibility index (Phi) is 4.62. The van der Waals surface area contributed by atoms with Gasteiger partial charge in [0, 0.05) is 16.1 Å². The van der Waals surface area contributed by atoms with Crippen molar-refractivity contribution in [1.29, 1.82) is 0 Å². The molecule has 0 unspecified atom stereocenters. The molecule has 1 aliphatic heterocycles. The van der Waals surface area contributed by atoms with Crippen molar-refractivity contribution in [3.05, 3.63) is 57.3 Å². The molecule has 24 heavy (non-hydrogen) atoms. The van der Waals surface area contributed by atoms with Crippen LogP contribution in [0.3, 0.4) is 0 Å². The molecule has 1 heterocycles. The fraction of sp³-hybridized carbons (Fsp3) is 0.211. The van der Waals surface area contributed by atoms with Gasteiger partial charge in [0.15, 0.2) is 5.76 Å². The van der Waals surface area contributed by atoms with E-state index in [0.717, 1.165) is 15.6 Å². The highest BCUT2D eigenvalue weighted by atomic mass is 79.9. The molecule has 0 aliphatic carbocycles. The van der Waals surface area contributed by atoms with Crippen molar-refractivity contribution in [2.24, 2.45) is 0 Å². The second-order valence-corrected chi connectivity index (χ2v) is 6.29. The number of hydrogen-bond donors (Lipinski definition) is 0. The van der Waals surface area contributed by atoms with E-state index in [1.807, 2.05) is 38.1 Å². The van der Waals surface area contributed by atoms with E-state index in [9.17, 15) is 4.79 Å². The average Bonchev–Trinajstić information content (AvgIpc) is 2.84. The van der Waals surface area contributed by atoms with Crippen molar-refractivity contribution in [3.63, 3.8) is 0 Å². The molecule has 0 saturated carbocycles. The predicted molar refractivity (Wildman–Crippen MR) is 96.0 cm³/mol. The molecule has 2 aromatic rings. The quantitative estimate of drug-likeness (QED) is 0.706. The number of halogens is 1. The Morgan fingerprint density at radius 2 is 2.04 bits per heavy atom. The van der Waals surface area contributed by atoms with Crippen molar-refractivity contribution in [2.45, 2.75) is 13.8 Å². The zero-order chi connectivity index (χ0) is 17.3. The first-order valence-electron chi connectivity index (χ1n) is 7.58. The zero-order valence-electron chi connectivity index (χ0n) is 13.7. The summed E-state index contributed by atoms with van der Waals surface area (Å²) in [6.45, 7) is 4.36. The lowest BCUT2D eigenvalue weighted by Gasteiger charge is -2.07. The molecule has 2 aromatic carbocycles. The van der Waals surface area contributed by atoms with Gasteiger partial charge in [-0.3, -0.25) is 4.79 Å². The monoisotopic (exact) mass is 388 g/mol. The molecule has 0 atom stereocenters. The van der Waals surface area contributed by atoms with Crippen LogP contribution in [0.4, 0.5) is 0 Å². The van der Waals surface area contributed by atoms with Crippen LogP contribution in [-0.4, -0.2) is 19.5 Å². The lowest BCUT2D eigenvalue weighted by atomic mass is 10.0. The Balaban J connectivity index is 2.02. The molecule has 0 radical (unpaired) electrons. The zero-order valence-corrected chi connectivity index (χ0v) is 15.3. The number of carbonyl (C=O) groups is 1. The fourth-order valence-corrected chi connectivity index (χ4v) is 3.07. The molecule has 4 nitrogen and oxygen atoms in total. The van der Waals surface area contributed by atoms with Crippen molar-refractivity contribution < 1.29 is 19.0 Å². The molecule has 0 aromatic heterocycles. The largest absolute Gasteiger partial charge is 0.496 e. The van der Waals surface area contributed by atoms with E-state index in [2.05, 4.69) is 15.9 Å². The van der Waals surface area contributed by atoms with Crippen LogP contribution < -0.4 is 14.2 Å². The van der Waals surface area contributed by atoms with Crippen molar-refractivity contribution >= 4 is 27.8 Å². The number of ether oxygens (including phenoxy) is 3. The maximum atomic E-state index is 12.7. The van der Waals surface area contributed by atoms with E-state index in [1.54, 1.807) is 19.3 Å².